The molecule has 0 aliphatic carbocycles. The number of rotatable bonds is 6. The molecule has 12 aromatic rings. The van der Waals surface area contributed by atoms with Gasteiger partial charge in [0.15, 0.2) is 0 Å². The predicted octanol–water partition coefficient (Wildman–Crippen LogP) is 27.7. The maximum atomic E-state index is 10.7. The van der Waals surface area contributed by atoms with E-state index in [1.165, 1.54) is 150 Å². The van der Waals surface area contributed by atoms with E-state index in [1.807, 2.05) is 83.2 Å². The molecule has 0 spiro atoms. The molecule has 0 unspecified atom stereocenters. The first-order chi connectivity index (χ1) is 54.1. The maximum absolute atomic E-state index is 10.7. The number of benzene rings is 6. The van der Waals surface area contributed by atoms with Crippen molar-refractivity contribution in [2.45, 2.75) is 296 Å². The van der Waals surface area contributed by atoms with E-state index in [-0.39, 0.29) is 5.75 Å². The molecule has 5 N–H and O–H groups in total. The third kappa shape index (κ3) is 17.6. The van der Waals surface area contributed by atoms with Crippen LogP contribution in [-0.2, 0) is 0 Å². The molecule has 6 heterocycles. The van der Waals surface area contributed by atoms with Gasteiger partial charge in [0.05, 0.1) is 39.6 Å². The van der Waals surface area contributed by atoms with Gasteiger partial charge in [-0.2, -0.15) is 0 Å². The molecular weight excluding hydrogens is 1480 g/mol. The monoisotopic (exact) mass is 1610 g/mol. The number of aromatic nitrogens is 6. The lowest BCUT2D eigenvalue weighted by Crippen LogP contribution is -2.07. The quantitative estimate of drug-likeness (QED) is 0.0868. The zero-order chi connectivity index (χ0) is 89.0. The minimum atomic E-state index is 0.275. The highest BCUT2D eigenvalue weighted by molar-refractivity contribution is 7.80. The van der Waals surface area contributed by atoms with E-state index in [9.17, 15) is 20.4 Å². The number of phenols is 4. The van der Waals surface area contributed by atoms with E-state index in [0.29, 0.717) is 28.7 Å². The van der Waals surface area contributed by atoms with Crippen LogP contribution in [0.15, 0.2) is 9.31 Å². The molecule has 14 heteroatoms. The van der Waals surface area contributed by atoms with Gasteiger partial charge in [-0.3, -0.25) is 15.0 Å². The van der Waals surface area contributed by atoms with Crippen LogP contribution in [0.3, 0.4) is 0 Å². The molecule has 0 amide bonds. The van der Waals surface area contributed by atoms with Crippen molar-refractivity contribution >= 4 is 40.6 Å². The molecular formula is C103H135N7O5S2. The van der Waals surface area contributed by atoms with Crippen LogP contribution < -0.4 is 5.32 Å². The molecule has 0 radical (unpaired) electrons. The average molecular weight is 1620 g/mol. The zero-order valence-electron chi connectivity index (χ0n) is 79.2. The van der Waals surface area contributed by atoms with Gasteiger partial charge in [0, 0.05) is 67.4 Å². The number of hydrogen-bond acceptors (Lipinski definition) is 14. The standard InChI is InChI=1S/C20H28N2.C19H25NO.C19H25NS.C15H19NO2.C15H19NOS.C15H19NO/c1-10-11(2)15(6)19(21-9)18(14(10)5)20-16(7)12(3)13(4)17(8)22-20;2*1-9-10(2)15(7)19(21)17(13(9)5)18-14(6)11(3)12(4)16(8)20-18;2*1-7-8(2)10(4)14(17)13(9(7)3)15-16-11(5)12(6)18-15;1-7-9(3)13-10(4)8(2)12(6)16-14(13)15(17)11(7)5/h21H,1-9H3;2*21H,1-8H3;2*17H,1-6H3;17H,1-6H3. The van der Waals surface area contributed by atoms with E-state index in [0.717, 1.165) is 150 Å². The molecule has 0 aliphatic heterocycles. The summed E-state index contributed by atoms with van der Waals surface area (Å²) in [6, 6.07) is 0. The van der Waals surface area contributed by atoms with E-state index in [1.54, 1.807) is 11.3 Å². The smallest absolute Gasteiger partial charge is 0.230 e. The van der Waals surface area contributed by atoms with Crippen LogP contribution in [0.2, 0.25) is 0 Å². The molecule has 0 atom stereocenters. The Morgan fingerprint density at radius 2 is 0.538 bits per heavy atom. The van der Waals surface area contributed by atoms with Gasteiger partial charge in [-0.05, 0) is 480 Å². The van der Waals surface area contributed by atoms with Crippen molar-refractivity contribution in [3.63, 3.8) is 0 Å². The summed E-state index contributed by atoms with van der Waals surface area (Å²) >= 11 is 6.46. The second-order valence-electron chi connectivity index (χ2n) is 33.4. The van der Waals surface area contributed by atoms with Crippen molar-refractivity contribution in [2.24, 2.45) is 0 Å². The fourth-order valence-corrected chi connectivity index (χ4v) is 17.1. The number of thiol groups is 1. The number of nitrogens with zero attached hydrogens (tertiary/aromatic N) is 6. The number of phenolic OH excluding ortho intramolecular Hbond substituents is 4. The number of anilines is 1. The first kappa shape index (κ1) is 94.5. The Bertz CT molecular complexity index is 5590. The highest BCUT2D eigenvalue weighted by atomic mass is 32.1. The van der Waals surface area contributed by atoms with Gasteiger partial charge in [0.25, 0.3) is 0 Å². The van der Waals surface area contributed by atoms with E-state index in [4.69, 9.17) is 32.0 Å². The van der Waals surface area contributed by atoms with Crippen LogP contribution >= 0.6 is 24.0 Å². The van der Waals surface area contributed by atoms with Crippen molar-refractivity contribution in [3.05, 3.63) is 234 Å². The first-order valence-electron chi connectivity index (χ1n) is 40.9. The van der Waals surface area contributed by atoms with Crippen molar-refractivity contribution < 1.29 is 24.8 Å². The Morgan fingerprint density at radius 3 is 0.932 bits per heavy atom. The lowest BCUT2D eigenvalue weighted by molar-refractivity contribution is 0.466. The highest BCUT2D eigenvalue weighted by Gasteiger charge is 2.27. The Morgan fingerprint density at radius 1 is 0.248 bits per heavy atom. The number of thiazole rings is 1. The van der Waals surface area contributed by atoms with Crippen LogP contribution in [0.4, 0.5) is 5.69 Å². The van der Waals surface area contributed by atoms with Crippen molar-refractivity contribution in [2.75, 3.05) is 12.4 Å². The summed E-state index contributed by atoms with van der Waals surface area (Å²) in [5, 5.41) is 47.1. The third-order valence-electron chi connectivity index (χ3n) is 27.7. The second kappa shape index (κ2) is 36.7. The molecule has 0 bridgehead atoms. The molecule has 0 fully saturated rings. The SMILES string of the molecule is CNc1c(C)c(C)c(C)c(C)c1-c1nc(C)c(C)c(C)c1C.Cc1nc(-c2c(C)c(C)c(C)c(C)c2O)c(C)c(C)c1C.Cc1nc(-c2c(C)c(C)c(C)c(C)c2O)oc1C.Cc1nc(-c2c(C)c(C)c(C)c(C)c2O)sc1C.Cc1nc(-c2c(C)c(C)c(C)c(C)c2S)c(C)c(C)c1C.Cc1nc2c(O)c(C)c(C)c(C)c2c(C)c1C. The predicted molar refractivity (Wildman–Crippen MR) is 503 cm³/mol. The van der Waals surface area contributed by atoms with Crippen LogP contribution in [-0.4, -0.2) is 57.4 Å². The molecule has 12 nitrogen and oxygen atoms in total. The molecule has 6 aromatic heterocycles. The normalized spacial score (nSPS) is 11.0. The molecule has 12 rings (SSSR count). The number of aromatic hydroxyl groups is 4. The lowest BCUT2D eigenvalue weighted by atomic mass is 9.88. The van der Waals surface area contributed by atoms with Crippen molar-refractivity contribution in [1.29, 1.82) is 0 Å². The van der Waals surface area contributed by atoms with E-state index >= 15 is 0 Å². The van der Waals surface area contributed by atoms with E-state index < -0.39 is 0 Å². The Hall–Kier alpha value is -9.63. The Kier molecular flexibility index (Phi) is 29.7. The number of fused-ring (bicyclic) bond motifs is 1. The topological polar surface area (TPSA) is 183 Å². The number of hydrogen-bond donors (Lipinski definition) is 6. The zero-order valence-corrected chi connectivity index (χ0v) is 80.9. The summed E-state index contributed by atoms with van der Waals surface area (Å²) < 4.78 is 5.64. The molecule has 0 saturated carbocycles. The summed E-state index contributed by atoms with van der Waals surface area (Å²) in [6.07, 6.45) is 0. The van der Waals surface area contributed by atoms with Crippen LogP contribution in [0, 0.1) is 291 Å². The molecule has 0 saturated heterocycles. The van der Waals surface area contributed by atoms with Gasteiger partial charge in [-0.15, -0.1) is 24.0 Å². The number of oxazole rings is 1. The van der Waals surface area contributed by atoms with Crippen molar-refractivity contribution in [1.82, 2.24) is 29.9 Å². The molecule has 6 aromatic carbocycles. The highest BCUT2D eigenvalue weighted by Crippen LogP contribution is 2.47. The van der Waals surface area contributed by atoms with Gasteiger partial charge in [-0.1, -0.05) is 0 Å². The summed E-state index contributed by atoms with van der Waals surface area (Å²) in [7, 11) is 2.00. The summed E-state index contributed by atoms with van der Waals surface area (Å²) in [5.41, 5.74) is 57.2. The number of pyridine rings is 4. The Labute approximate surface area is 711 Å². The second-order valence-corrected chi connectivity index (χ2v) is 35.0. The van der Waals surface area contributed by atoms with Crippen molar-refractivity contribution in [3.8, 4) is 78.8 Å². The van der Waals surface area contributed by atoms with Crippen LogP contribution in [0.5, 0.6) is 23.0 Å². The maximum Gasteiger partial charge on any atom is 0.230 e. The summed E-state index contributed by atoms with van der Waals surface area (Å²) in [5.74, 6) is 2.65. The third-order valence-corrected chi connectivity index (χ3v) is 29.4. The largest absolute Gasteiger partial charge is 0.507 e. The van der Waals surface area contributed by atoms with Gasteiger partial charge in [0.2, 0.25) is 5.89 Å². The summed E-state index contributed by atoms with van der Waals surface area (Å²) in [6.45, 7) is 87.7. The molecule has 0 aliphatic rings. The fourth-order valence-electron chi connectivity index (χ4n) is 15.7. The van der Waals surface area contributed by atoms with Crippen LogP contribution in [0.1, 0.15) is 234 Å². The molecule has 117 heavy (non-hydrogen) atoms. The van der Waals surface area contributed by atoms with Gasteiger partial charge in [0.1, 0.15) is 39.3 Å². The van der Waals surface area contributed by atoms with Crippen LogP contribution in [0.25, 0.3) is 66.7 Å². The van der Waals surface area contributed by atoms with Gasteiger partial charge < -0.3 is 30.2 Å². The first-order valence-corrected chi connectivity index (χ1v) is 42.1. The molecule has 624 valence electrons. The van der Waals surface area contributed by atoms with Gasteiger partial charge in [-0.25, -0.2) is 15.0 Å². The Balaban J connectivity index is 0.000000194. The minimum absolute atomic E-state index is 0.275. The summed E-state index contributed by atoms with van der Waals surface area (Å²) in [4.78, 5) is 30.4. The average Bonchev–Trinajstić information content (AvgIpc) is 1.77. The lowest BCUT2D eigenvalue weighted by Gasteiger charge is -2.23. The number of aryl methyl sites for hydroxylation is 10. The van der Waals surface area contributed by atoms with E-state index in [2.05, 4.69) is 235 Å². The fraction of sp³-hybridized carbons (Fsp3) is 0.417. The number of nitrogens with one attached hydrogen (secondary N) is 1. The minimum Gasteiger partial charge on any atom is -0.507 e. The van der Waals surface area contributed by atoms with Gasteiger partial charge >= 0.3 is 0 Å².